The van der Waals surface area contributed by atoms with Crippen LogP contribution in [0.15, 0.2) is 23.0 Å². The highest BCUT2D eigenvalue weighted by atomic mass is 16.5. The molecule has 16 heavy (non-hydrogen) atoms. The van der Waals surface area contributed by atoms with E-state index >= 15 is 0 Å². The molecule has 1 aliphatic rings. The van der Waals surface area contributed by atoms with Gasteiger partial charge in [-0.15, -0.1) is 0 Å². The molecule has 4 nitrogen and oxygen atoms in total. The van der Waals surface area contributed by atoms with Crippen molar-refractivity contribution in [3.8, 4) is 0 Å². The van der Waals surface area contributed by atoms with Crippen LogP contribution >= 0.6 is 0 Å². The Balaban J connectivity index is 1.80. The van der Waals surface area contributed by atoms with Gasteiger partial charge in [0, 0.05) is 38.3 Å². The molecule has 0 spiro atoms. The van der Waals surface area contributed by atoms with Crippen LogP contribution < -0.4 is 5.32 Å². The monoisotopic (exact) mass is 225 g/mol. The summed E-state index contributed by atoms with van der Waals surface area (Å²) >= 11 is 0. The number of nitrogens with one attached hydrogen (secondary N) is 1. The molecule has 0 radical (unpaired) electrons. The SMILES string of the molecule is COCCNCC1CCOC1c1ccoc1. The second-order valence-corrected chi connectivity index (χ2v) is 4.09. The molecule has 2 unspecified atom stereocenters. The van der Waals surface area contributed by atoms with E-state index in [2.05, 4.69) is 5.32 Å². The van der Waals surface area contributed by atoms with Crippen molar-refractivity contribution in [1.29, 1.82) is 0 Å². The maximum atomic E-state index is 5.74. The molecule has 1 aromatic heterocycles. The molecule has 1 N–H and O–H groups in total. The highest BCUT2D eigenvalue weighted by Crippen LogP contribution is 2.34. The molecule has 0 saturated carbocycles. The summed E-state index contributed by atoms with van der Waals surface area (Å²) in [5.74, 6) is 0.537. The van der Waals surface area contributed by atoms with Crippen LogP contribution in [0.4, 0.5) is 0 Å². The van der Waals surface area contributed by atoms with Crippen molar-refractivity contribution in [1.82, 2.24) is 5.32 Å². The lowest BCUT2D eigenvalue weighted by molar-refractivity contribution is 0.0893. The first-order valence-electron chi connectivity index (χ1n) is 5.75. The molecular weight excluding hydrogens is 206 g/mol. The first kappa shape index (κ1) is 11.6. The number of methoxy groups -OCH3 is 1. The summed E-state index contributed by atoms with van der Waals surface area (Å²) < 4.78 is 15.8. The molecule has 2 atom stereocenters. The Morgan fingerprint density at radius 1 is 1.56 bits per heavy atom. The van der Waals surface area contributed by atoms with Gasteiger partial charge in [0.1, 0.15) is 0 Å². The Hall–Kier alpha value is -0.840. The molecule has 2 rings (SSSR count). The van der Waals surface area contributed by atoms with Gasteiger partial charge in [-0.3, -0.25) is 0 Å². The van der Waals surface area contributed by atoms with Gasteiger partial charge in [-0.05, 0) is 12.5 Å². The van der Waals surface area contributed by atoms with Gasteiger partial charge in [-0.2, -0.15) is 0 Å². The van der Waals surface area contributed by atoms with Crippen LogP contribution in [-0.2, 0) is 9.47 Å². The molecule has 2 heterocycles. The van der Waals surface area contributed by atoms with E-state index < -0.39 is 0 Å². The van der Waals surface area contributed by atoms with Gasteiger partial charge < -0.3 is 19.2 Å². The van der Waals surface area contributed by atoms with Crippen molar-refractivity contribution < 1.29 is 13.9 Å². The minimum absolute atomic E-state index is 0.189. The molecule has 90 valence electrons. The molecule has 0 aliphatic carbocycles. The second-order valence-electron chi connectivity index (χ2n) is 4.09. The highest BCUT2D eigenvalue weighted by Gasteiger charge is 2.29. The fraction of sp³-hybridized carbons (Fsp3) is 0.667. The van der Waals surface area contributed by atoms with Crippen molar-refractivity contribution in [3.63, 3.8) is 0 Å². The van der Waals surface area contributed by atoms with Crippen LogP contribution in [0.3, 0.4) is 0 Å². The minimum Gasteiger partial charge on any atom is -0.472 e. The fourth-order valence-electron chi connectivity index (χ4n) is 2.11. The van der Waals surface area contributed by atoms with Crippen LogP contribution in [0.1, 0.15) is 18.1 Å². The highest BCUT2D eigenvalue weighted by molar-refractivity contribution is 5.12. The molecule has 1 fully saturated rings. The van der Waals surface area contributed by atoms with Crippen LogP contribution in [0.2, 0.25) is 0 Å². The lowest BCUT2D eigenvalue weighted by Crippen LogP contribution is -2.27. The Labute approximate surface area is 95.9 Å². The normalized spacial score (nSPS) is 25.1. The van der Waals surface area contributed by atoms with E-state index in [1.807, 2.05) is 6.07 Å². The average molecular weight is 225 g/mol. The maximum Gasteiger partial charge on any atom is 0.0960 e. The van der Waals surface area contributed by atoms with Gasteiger partial charge in [-0.25, -0.2) is 0 Å². The summed E-state index contributed by atoms with van der Waals surface area (Å²) in [5.41, 5.74) is 1.15. The lowest BCUT2D eigenvalue weighted by atomic mass is 9.97. The summed E-state index contributed by atoms with van der Waals surface area (Å²) in [6.07, 6.45) is 4.77. The predicted molar refractivity (Wildman–Crippen MR) is 60.3 cm³/mol. The summed E-state index contributed by atoms with van der Waals surface area (Å²) in [7, 11) is 1.72. The first-order valence-corrected chi connectivity index (χ1v) is 5.75. The van der Waals surface area contributed by atoms with Gasteiger partial charge in [0.15, 0.2) is 0 Å². The number of rotatable bonds is 6. The van der Waals surface area contributed by atoms with Crippen LogP contribution in [0, 0.1) is 5.92 Å². The molecular formula is C12H19NO3. The first-order chi connectivity index (χ1) is 7.92. The third-order valence-corrected chi connectivity index (χ3v) is 2.98. The van der Waals surface area contributed by atoms with Crippen molar-refractivity contribution in [3.05, 3.63) is 24.2 Å². The van der Waals surface area contributed by atoms with E-state index in [9.17, 15) is 0 Å². The fourth-order valence-corrected chi connectivity index (χ4v) is 2.11. The second kappa shape index (κ2) is 6.03. The largest absolute Gasteiger partial charge is 0.472 e. The van der Waals surface area contributed by atoms with Crippen molar-refractivity contribution in [2.45, 2.75) is 12.5 Å². The molecule has 0 aromatic carbocycles. The minimum atomic E-state index is 0.189. The smallest absolute Gasteiger partial charge is 0.0960 e. The van der Waals surface area contributed by atoms with Crippen LogP contribution in [0.25, 0.3) is 0 Å². The number of hydrogen-bond acceptors (Lipinski definition) is 4. The van der Waals surface area contributed by atoms with E-state index in [1.54, 1.807) is 19.6 Å². The van der Waals surface area contributed by atoms with Crippen molar-refractivity contribution in [2.75, 3.05) is 33.4 Å². The molecule has 1 aliphatic heterocycles. The zero-order valence-corrected chi connectivity index (χ0v) is 9.65. The van der Waals surface area contributed by atoms with Gasteiger partial charge >= 0.3 is 0 Å². The summed E-state index contributed by atoms with van der Waals surface area (Å²) in [6.45, 7) is 3.46. The standard InChI is InChI=1S/C12H19NO3/c1-14-7-4-13-8-10-3-6-16-12(10)11-2-5-15-9-11/h2,5,9-10,12-13H,3-4,6-8H2,1H3. The average Bonchev–Trinajstić information content (AvgIpc) is 2.94. The van der Waals surface area contributed by atoms with Crippen molar-refractivity contribution in [2.24, 2.45) is 5.92 Å². The predicted octanol–water partition coefficient (Wildman–Crippen LogP) is 1.59. The Bertz CT molecular complexity index is 286. The quantitative estimate of drug-likeness (QED) is 0.747. The molecule has 4 heteroatoms. The summed E-state index contributed by atoms with van der Waals surface area (Å²) in [6, 6.07) is 1.98. The zero-order valence-electron chi connectivity index (χ0n) is 9.65. The molecule has 0 bridgehead atoms. The molecule has 0 amide bonds. The maximum absolute atomic E-state index is 5.74. The van der Waals surface area contributed by atoms with E-state index in [0.29, 0.717) is 5.92 Å². The van der Waals surface area contributed by atoms with E-state index in [1.165, 1.54) is 0 Å². The van der Waals surface area contributed by atoms with E-state index in [4.69, 9.17) is 13.9 Å². The summed E-state index contributed by atoms with van der Waals surface area (Å²) in [4.78, 5) is 0. The topological polar surface area (TPSA) is 43.6 Å². The third kappa shape index (κ3) is 2.84. The summed E-state index contributed by atoms with van der Waals surface area (Å²) in [5, 5.41) is 3.38. The van der Waals surface area contributed by atoms with Gasteiger partial charge in [0.2, 0.25) is 0 Å². The number of hydrogen-bond donors (Lipinski definition) is 1. The number of furan rings is 1. The Morgan fingerprint density at radius 2 is 2.50 bits per heavy atom. The molecule has 1 saturated heterocycles. The van der Waals surface area contributed by atoms with Crippen LogP contribution in [-0.4, -0.2) is 33.4 Å². The number of ether oxygens (including phenoxy) is 2. The molecule has 1 aromatic rings. The van der Waals surface area contributed by atoms with E-state index in [-0.39, 0.29) is 6.10 Å². The third-order valence-electron chi connectivity index (χ3n) is 2.98. The lowest BCUT2D eigenvalue weighted by Gasteiger charge is -2.17. The van der Waals surface area contributed by atoms with Crippen LogP contribution in [0.5, 0.6) is 0 Å². The Morgan fingerprint density at radius 3 is 3.25 bits per heavy atom. The Kier molecular flexibility index (Phi) is 4.39. The van der Waals surface area contributed by atoms with Crippen molar-refractivity contribution >= 4 is 0 Å². The van der Waals surface area contributed by atoms with E-state index in [0.717, 1.165) is 38.3 Å². The van der Waals surface area contributed by atoms with Gasteiger partial charge in [0.25, 0.3) is 0 Å². The van der Waals surface area contributed by atoms with Gasteiger partial charge in [-0.1, -0.05) is 0 Å². The van der Waals surface area contributed by atoms with Gasteiger partial charge in [0.05, 0.1) is 25.2 Å². The zero-order chi connectivity index (χ0) is 11.2.